The minimum absolute atomic E-state index is 0.0165. The molecule has 1 amide bonds. The second kappa shape index (κ2) is 5.09. The first-order chi connectivity index (χ1) is 8.10. The number of carbonyl (C=O) groups excluding carboxylic acids is 2. The van der Waals surface area contributed by atoms with Gasteiger partial charge in [-0.15, -0.1) is 5.10 Å². The summed E-state index contributed by atoms with van der Waals surface area (Å²) in [4.78, 5) is 28.5. The number of H-pyrrole nitrogens is 1. The molecular formula is C9H12N4O2S2. The number of aromatic amines is 1. The van der Waals surface area contributed by atoms with Gasteiger partial charge in [0.25, 0.3) is 0 Å². The summed E-state index contributed by atoms with van der Waals surface area (Å²) >= 11 is 2.62. The summed E-state index contributed by atoms with van der Waals surface area (Å²) in [7, 11) is 0. The monoisotopic (exact) mass is 272 g/mol. The van der Waals surface area contributed by atoms with Crippen LogP contribution in [0.2, 0.25) is 0 Å². The van der Waals surface area contributed by atoms with Gasteiger partial charge in [-0.2, -0.15) is 4.98 Å². The predicted octanol–water partition coefficient (Wildman–Crippen LogP) is 0.912. The fraction of sp³-hybridized carbons (Fsp3) is 0.556. The van der Waals surface area contributed by atoms with Crippen LogP contribution in [-0.4, -0.2) is 44.3 Å². The van der Waals surface area contributed by atoms with Crippen LogP contribution < -0.4 is 4.90 Å². The standard InChI is InChI=1S/C9H12N4O2S2/c1-5(14)17-6-3-7(15)13(4-6)8-10-9(16-2)12-11-8/h6H,3-4H2,1-2H3,(H,10,11,12). The van der Waals surface area contributed by atoms with E-state index in [1.54, 1.807) is 4.90 Å². The number of thioether (sulfide) groups is 2. The van der Waals surface area contributed by atoms with Crippen LogP contribution in [-0.2, 0) is 9.59 Å². The zero-order chi connectivity index (χ0) is 12.4. The van der Waals surface area contributed by atoms with E-state index in [-0.39, 0.29) is 16.3 Å². The van der Waals surface area contributed by atoms with Gasteiger partial charge in [0.05, 0.1) is 0 Å². The molecule has 1 aliphatic heterocycles. The molecule has 0 aromatic carbocycles. The van der Waals surface area contributed by atoms with Crippen LogP contribution in [0.3, 0.4) is 0 Å². The predicted molar refractivity (Wildman–Crippen MR) is 67.2 cm³/mol. The molecule has 92 valence electrons. The molecule has 0 radical (unpaired) electrons. The highest BCUT2D eigenvalue weighted by molar-refractivity contribution is 8.14. The van der Waals surface area contributed by atoms with Crippen molar-refractivity contribution in [1.29, 1.82) is 0 Å². The Balaban J connectivity index is 2.07. The third kappa shape index (κ3) is 2.81. The van der Waals surface area contributed by atoms with Gasteiger partial charge >= 0.3 is 0 Å². The quantitative estimate of drug-likeness (QED) is 0.824. The molecule has 1 aliphatic rings. The average molecular weight is 272 g/mol. The van der Waals surface area contributed by atoms with E-state index in [9.17, 15) is 9.59 Å². The normalized spacial score (nSPS) is 20.0. The number of hydrogen-bond acceptors (Lipinski definition) is 6. The minimum Gasteiger partial charge on any atom is -0.288 e. The van der Waals surface area contributed by atoms with Gasteiger partial charge in [0.2, 0.25) is 17.0 Å². The largest absolute Gasteiger partial charge is 0.288 e. The van der Waals surface area contributed by atoms with E-state index >= 15 is 0 Å². The van der Waals surface area contributed by atoms with E-state index in [1.807, 2.05) is 6.26 Å². The van der Waals surface area contributed by atoms with Gasteiger partial charge in [-0.05, 0) is 6.26 Å². The smallest absolute Gasteiger partial charge is 0.230 e. The highest BCUT2D eigenvalue weighted by atomic mass is 32.2. The molecular weight excluding hydrogens is 260 g/mol. The number of anilines is 1. The summed E-state index contributed by atoms with van der Waals surface area (Å²) in [6.45, 7) is 2.02. The van der Waals surface area contributed by atoms with Gasteiger partial charge in [-0.25, -0.2) is 5.10 Å². The van der Waals surface area contributed by atoms with Crippen LogP contribution in [0.1, 0.15) is 13.3 Å². The van der Waals surface area contributed by atoms with Crippen molar-refractivity contribution < 1.29 is 9.59 Å². The molecule has 0 spiro atoms. The van der Waals surface area contributed by atoms with Gasteiger partial charge < -0.3 is 0 Å². The van der Waals surface area contributed by atoms with E-state index in [2.05, 4.69) is 15.2 Å². The third-order valence-corrected chi connectivity index (χ3v) is 3.84. The number of carbonyl (C=O) groups is 2. The molecule has 8 heteroatoms. The SMILES string of the molecule is CSc1n[nH]c(N2CC(SC(C)=O)CC2=O)n1. The van der Waals surface area contributed by atoms with Crippen LogP contribution in [0, 0.1) is 0 Å². The maximum Gasteiger partial charge on any atom is 0.230 e. The third-order valence-electron chi connectivity index (χ3n) is 2.31. The summed E-state index contributed by atoms with van der Waals surface area (Å²) < 4.78 is 0. The van der Waals surface area contributed by atoms with Crippen LogP contribution in [0.15, 0.2) is 5.16 Å². The van der Waals surface area contributed by atoms with Crippen molar-refractivity contribution in [2.24, 2.45) is 0 Å². The molecule has 1 atom stereocenters. The zero-order valence-electron chi connectivity index (χ0n) is 9.47. The Kier molecular flexibility index (Phi) is 3.72. The molecule has 17 heavy (non-hydrogen) atoms. The lowest BCUT2D eigenvalue weighted by molar-refractivity contribution is -0.117. The molecule has 0 aliphatic carbocycles. The number of nitrogens with one attached hydrogen (secondary N) is 1. The first-order valence-electron chi connectivity index (χ1n) is 5.04. The first kappa shape index (κ1) is 12.4. The number of aromatic nitrogens is 3. The van der Waals surface area contributed by atoms with E-state index in [0.29, 0.717) is 24.1 Å². The molecule has 0 bridgehead atoms. The fourth-order valence-electron chi connectivity index (χ4n) is 1.64. The van der Waals surface area contributed by atoms with Crippen molar-refractivity contribution in [3.63, 3.8) is 0 Å². The second-order valence-corrected chi connectivity index (χ2v) is 5.84. The minimum atomic E-state index is -0.0208. The molecule has 1 saturated heterocycles. The Hall–Kier alpha value is -1.02. The topological polar surface area (TPSA) is 79.0 Å². The number of nitrogens with zero attached hydrogens (tertiary/aromatic N) is 3. The van der Waals surface area contributed by atoms with Crippen molar-refractivity contribution >= 4 is 40.5 Å². The summed E-state index contributed by atoms with van der Waals surface area (Å²) in [5.74, 6) is 0.443. The molecule has 1 fully saturated rings. The summed E-state index contributed by atoms with van der Waals surface area (Å²) in [6, 6.07) is 0. The van der Waals surface area contributed by atoms with Crippen LogP contribution in [0.4, 0.5) is 5.95 Å². The van der Waals surface area contributed by atoms with Crippen LogP contribution >= 0.6 is 23.5 Å². The van der Waals surface area contributed by atoms with Gasteiger partial charge in [-0.1, -0.05) is 23.5 Å². The highest BCUT2D eigenvalue weighted by Crippen LogP contribution is 2.27. The molecule has 2 heterocycles. The van der Waals surface area contributed by atoms with Crippen molar-refractivity contribution in [2.45, 2.75) is 23.8 Å². The maximum absolute atomic E-state index is 11.8. The Morgan fingerprint density at radius 2 is 2.35 bits per heavy atom. The Morgan fingerprint density at radius 3 is 2.94 bits per heavy atom. The van der Waals surface area contributed by atoms with E-state index in [0.717, 1.165) is 0 Å². The van der Waals surface area contributed by atoms with Gasteiger partial charge in [0.1, 0.15) is 0 Å². The Labute approximate surface area is 107 Å². The van der Waals surface area contributed by atoms with Crippen molar-refractivity contribution in [2.75, 3.05) is 17.7 Å². The lowest BCUT2D eigenvalue weighted by Gasteiger charge is -2.11. The maximum atomic E-state index is 11.8. The molecule has 1 unspecified atom stereocenters. The molecule has 1 aromatic rings. The average Bonchev–Trinajstić information content (AvgIpc) is 2.83. The fourth-order valence-corrected chi connectivity index (χ4v) is 2.88. The van der Waals surface area contributed by atoms with Crippen molar-refractivity contribution in [1.82, 2.24) is 15.2 Å². The molecule has 0 saturated carbocycles. The number of amides is 1. The summed E-state index contributed by atoms with van der Waals surface area (Å²) in [5.41, 5.74) is 0. The zero-order valence-corrected chi connectivity index (χ0v) is 11.1. The lowest BCUT2D eigenvalue weighted by atomic mass is 10.4. The van der Waals surface area contributed by atoms with E-state index < -0.39 is 0 Å². The Morgan fingerprint density at radius 1 is 1.59 bits per heavy atom. The van der Waals surface area contributed by atoms with Gasteiger partial charge in [-0.3, -0.25) is 14.5 Å². The van der Waals surface area contributed by atoms with Crippen molar-refractivity contribution in [3.05, 3.63) is 0 Å². The molecule has 6 nitrogen and oxygen atoms in total. The van der Waals surface area contributed by atoms with Crippen molar-refractivity contribution in [3.8, 4) is 0 Å². The number of hydrogen-bond donors (Lipinski definition) is 1. The molecule has 2 rings (SSSR count). The number of rotatable bonds is 3. The molecule has 1 N–H and O–H groups in total. The van der Waals surface area contributed by atoms with E-state index in [1.165, 1.54) is 30.4 Å². The van der Waals surface area contributed by atoms with Gasteiger partial charge in [0, 0.05) is 25.1 Å². The first-order valence-corrected chi connectivity index (χ1v) is 7.14. The summed E-state index contributed by atoms with van der Waals surface area (Å²) in [5, 5.41) is 7.35. The molecule has 1 aromatic heterocycles. The Bertz CT molecular complexity index is 448. The summed E-state index contributed by atoms with van der Waals surface area (Å²) in [6.07, 6.45) is 2.24. The van der Waals surface area contributed by atoms with Crippen LogP contribution in [0.25, 0.3) is 0 Å². The van der Waals surface area contributed by atoms with Crippen LogP contribution in [0.5, 0.6) is 0 Å². The van der Waals surface area contributed by atoms with E-state index in [4.69, 9.17) is 0 Å². The van der Waals surface area contributed by atoms with Gasteiger partial charge in [0.15, 0.2) is 5.12 Å². The lowest BCUT2D eigenvalue weighted by Crippen LogP contribution is -2.26. The second-order valence-electron chi connectivity index (χ2n) is 3.59. The highest BCUT2D eigenvalue weighted by Gasteiger charge is 2.33.